The number of nitrogens with one attached hydrogen (secondary N) is 1. The number of rotatable bonds is 7. The summed E-state index contributed by atoms with van der Waals surface area (Å²) in [7, 11) is 0. The molecule has 0 saturated carbocycles. The Hall–Kier alpha value is -1.90. The molecule has 0 bridgehead atoms. The average molecular weight is 269 g/mol. The normalized spacial score (nSPS) is 10.8. The molecule has 0 amide bonds. The SMILES string of the molecule is CCCC(CCC)Nc1cnc(-c2ccccc2)nc1. The van der Waals surface area contributed by atoms with Crippen molar-refractivity contribution in [3.8, 4) is 11.4 Å². The molecule has 0 saturated heterocycles. The summed E-state index contributed by atoms with van der Waals surface area (Å²) in [6.07, 6.45) is 8.53. The molecule has 3 heteroatoms. The van der Waals surface area contributed by atoms with Crippen molar-refractivity contribution in [3.63, 3.8) is 0 Å². The minimum absolute atomic E-state index is 0.524. The van der Waals surface area contributed by atoms with Gasteiger partial charge in [-0.05, 0) is 12.8 Å². The van der Waals surface area contributed by atoms with E-state index in [1.807, 2.05) is 42.7 Å². The van der Waals surface area contributed by atoms with Crippen LogP contribution in [0, 0.1) is 0 Å². The van der Waals surface area contributed by atoms with Crippen LogP contribution in [0.1, 0.15) is 39.5 Å². The minimum Gasteiger partial charge on any atom is -0.380 e. The van der Waals surface area contributed by atoms with E-state index in [1.165, 1.54) is 25.7 Å². The molecule has 3 nitrogen and oxygen atoms in total. The molecule has 0 radical (unpaired) electrons. The summed E-state index contributed by atoms with van der Waals surface area (Å²) < 4.78 is 0. The van der Waals surface area contributed by atoms with Crippen molar-refractivity contribution < 1.29 is 0 Å². The van der Waals surface area contributed by atoms with E-state index in [2.05, 4.69) is 29.1 Å². The van der Waals surface area contributed by atoms with Crippen LogP contribution >= 0.6 is 0 Å². The van der Waals surface area contributed by atoms with E-state index in [-0.39, 0.29) is 0 Å². The Morgan fingerprint density at radius 1 is 0.950 bits per heavy atom. The Balaban J connectivity index is 2.04. The van der Waals surface area contributed by atoms with E-state index in [4.69, 9.17) is 0 Å². The van der Waals surface area contributed by atoms with Crippen LogP contribution in [0.4, 0.5) is 5.69 Å². The van der Waals surface area contributed by atoms with Gasteiger partial charge in [-0.15, -0.1) is 0 Å². The van der Waals surface area contributed by atoms with Gasteiger partial charge in [0.05, 0.1) is 18.1 Å². The van der Waals surface area contributed by atoms with Crippen molar-refractivity contribution in [1.82, 2.24) is 9.97 Å². The van der Waals surface area contributed by atoms with E-state index in [1.54, 1.807) is 0 Å². The second-order valence-electron chi connectivity index (χ2n) is 5.08. The van der Waals surface area contributed by atoms with Gasteiger partial charge in [-0.3, -0.25) is 0 Å². The van der Waals surface area contributed by atoms with Gasteiger partial charge in [0.25, 0.3) is 0 Å². The van der Waals surface area contributed by atoms with E-state index < -0.39 is 0 Å². The van der Waals surface area contributed by atoms with Crippen LogP contribution in [0.25, 0.3) is 11.4 Å². The van der Waals surface area contributed by atoms with E-state index in [0.717, 1.165) is 17.1 Å². The molecule has 20 heavy (non-hydrogen) atoms. The highest BCUT2D eigenvalue weighted by Crippen LogP contribution is 2.17. The molecule has 2 rings (SSSR count). The fourth-order valence-corrected chi connectivity index (χ4v) is 2.36. The molecule has 0 aliphatic heterocycles. The van der Waals surface area contributed by atoms with Gasteiger partial charge in [-0.25, -0.2) is 9.97 Å². The smallest absolute Gasteiger partial charge is 0.159 e. The zero-order valence-corrected chi connectivity index (χ0v) is 12.3. The van der Waals surface area contributed by atoms with Crippen LogP contribution < -0.4 is 5.32 Å². The summed E-state index contributed by atoms with van der Waals surface area (Å²) >= 11 is 0. The van der Waals surface area contributed by atoms with Gasteiger partial charge in [-0.2, -0.15) is 0 Å². The van der Waals surface area contributed by atoms with Crippen LogP contribution in [0.2, 0.25) is 0 Å². The molecule has 0 fully saturated rings. The van der Waals surface area contributed by atoms with Crippen molar-refractivity contribution in [2.24, 2.45) is 0 Å². The van der Waals surface area contributed by atoms with Crippen molar-refractivity contribution in [3.05, 3.63) is 42.7 Å². The second-order valence-corrected chi connectivity index (χ2v) is 5.08. The molecular formula is C17H23N3. The lowest BCUT2D eigenvalue weighted by Gasteiger charge is -2.18. The number of benzene rings is 1. The number of aromatic nitrogens is 2. The Kier molecular flexibility index (Phi) is 5.54. The van der Waals surface area contributed by atoms with Crippen LogP contribution in [0.15, 0.2) is 42.7 Å². The Bertz CT molecular complexity index is 487. The zero-order valence-electron chi connectivity index (χ0n) is 12.3. The summed E-state index contributed by atoms with van der Waals surface area (Å²) in [6, 6.07) is 10.6. The van der Waals surface area contributed by atoms with Crippen molar-refractivity contribution in [1.29, 1.82) is 0 Å². The number of nitrogens with zero attached hydrogens (tertiary/aromatic N) is 2. The maximum absolute atomic E-state index is 4.45. The lowest BCUT2D eigenvalue weighted by Crippen LogP contribution is -2.19. The summed E-state index contributed by atoms with van der Waals surface area (Å²) in [4.78, 5) is 8.90. The monoisotopic (exact) mass is 269 g/mol. The van der Waals surface area contributed by atoms with E-state index in [0.29, 0.717) is 6.04 Å². The maximum atomic E-state index is 4.45. The lowest BCUT2D eigenvalue weighted by molar-refractivity contribution is 0.586. The summed E-state index contributed by atoms with van der Waals surface area (Å²) in [6.45, 7) is 4.44. The van der Waals surface area contributed by atoms with Crippen LogP contribution in [0.5, 0.6) is 0 Å². The molecule has 0 atom stereocenters. The summed E-state index contributed by atoms with van der Waals surface area (Å²) in [5.74, 6) is 0.777. The molecule has 1 heterocycles. The second kappa shape index (κ2) is 7.63. The predicted octanol–water partition coefficient (Wildman–Crippen LogP) is 4.52. The molecule has 1 aromatic heterocycles. The first kappa shape index (κ1) is 14.5. The Morgan fingerprint density at radius 2 is 1.55 bits per heavy atom. The standard InChI is InChI=1S/C17H23N3/c1-3-8-15(9-4-2)20-16-12-18-17(19-13-16)14-10-6-5-7-11-14/h5-7,10-13,15,20H,3-4,8-9H2,1-2H3. The van der Waals surface area contributed by atoms with Crippen LogP contribution in [0.3, 0.4) is 0 Å². The van der Waals surface area contributed by atoms with Crippen LogP contribution in [-0.2, 0) is 0 Å². The number of hydrogen-bond donors (Lipinski definition) is 1. The Labute approximate surface area is 121 Å². The third kappa shape index (κ3) is 4.05. The van der Waals surface area contributed by atoms with Gasteiger partial charge in [-0.1, -0.05) is 57.0 Å². The largest absolute Gasteiger partial charge is 0.380 e. The fourth-order valence-electron chi connectivity index (χ4n) is 2.36. The highest BCUT2D eigenvalue weighted by molar-refractivity contribution is 5.55. The highest BCUT2D eigenvalue weighted by Gasteiger charge is 2.07. The Morgan fingerprint density at radius 3 is 2.10 bits per heavy atom. The van der Waals surface area contributed by atoms with Gasteiger partial charge in [0.2, 0.25) is 0 Å². The van der Waals surface area contributed by atoms with Crippen LogP contribution in [-0.4, -0.2) is 16.0 Å². The number of anilines is 1. The number of hydrogen-bond acceptors (Lipinski definition) is 3. The lowest BCUT2D eigenvalue weighted by atomic mass is 10.1. The topological polar surface area (TPSA) is 37.8 Å². The minimum atomic E-state index is 0.524. The molecule has 0 aliphatic rings. The highest BCUT2D eigenvalue weighted by atomic mass is 15.0. The molecule has 1 aromatic carbocycles. The first-order valence-corrected chi connectivity index (χ1v) is 7.47. The first-order valence-electron chi connectivity index (χ1n) is 7.47. The van der Waals surface area contributed by atoms with Crippen molar-refractivity contribution in [2.75, 3.05) is 5.32 Å². The zero-order chi connectivity index (χ0) is 14.2. The van der Waals surface area contributed by atoms with Gasteiger partial charge >= 0.3 is 0 Å². The molecule has 0 unspecified atom stereocenters. The molecule has 106 valence electrons. The molecular weight excluding hydrogens is 246 g/mol. The fraction of sp³-hybridized carbons (Fsp3) is 0.412. The molecule has 0 spiro atoms. The molecule has 2 aromatic rings. The van der Waals surface area contributed by atoms with Crippen molar-refractivity contribution >= 4 is 5.69 Å². The maximum Gasteiger partial charge on any atom is 0.159 e. The third-order valence-corrected chi connectivity index (χ3v) is 3.33. The molecule has 1 N–H and O–H groups in total. The average Bonchev–Trinajstić information content (AvgIpc) is 2.49. The summed E-state index contributed by atoms with van der Waals surface area (Å²) in [5.41, 5.74) is 2.06. The van der Waals surface area contributed by atoms with Crippen molar-refractivity contribution in [2.45, 2.75) is 45.6 Å². The van der Waals surface area contributed by atoms with Gasteiger partial charge in [0.15, 0.2) is 5.82 Å². The first-order chi connectivity index (χ1) is 9.83. The summed E-state index contributed by atoms with van der Waals surface area (Å²) in [5, 5.41) is 3.53. The molecule has 0 aliphatic carbocycles. The van der Waals surface area contributed by atoms with E-state index in [9.17, 15) is 0 Å². The van der Waals surface area contributed by atoms with Gasteiger partial charge < -0.3 is 5.32 Å². The van der Waals surface area contributed by atoms with E-state index >= 15 is 0 Å². The van der Waals surface area contributed by atoms with Gasteiger partial charge in [0.1, 0.15) is 0 Å². The predicted molar refractivity (Wildman–Crippen MR) is 84.7 cm³/mol. The third-order valence-electron chi connectivity index (χ3n) is 3.33. The van der Waals surface area contributed by atoms with Gasteiger partial charge in [0, 0.05) is 11.6 Å². The quantitative estimate of drug-likeness (QED) is 0.802.